The topological polar surface area (TPSA) is 92.6 Å². The van der Waals surface area contributed by atoms with Crippen LogP contribution in [-0.2, 0) is 23.1 Å². The number of amides is 3. The molecule has 0 bridgehead atoms. The van der Waals surface area contributed by atoms with Crippen molar-refractivity contribution < 1.29 is 27.7 Å². The van der Waals surface area contributed by atoms with Crippen molar-refractivity contribution in [2.75, 3.05) is 0 Å². The summed E-state index contributed by atoms with van der Waals surface area (Å²) in [6.45, 7) is 1.19. The number of carbonyl (C=O) groups is 2. The molecule has 146 valence electrons. The zero-order valence-electron chi connectivity index (χ0n) is 14.5. The summed E-state index contributed by atoms with van der Waals surface area (Å²) in [5, 5.41) is 13.5. The molecule has 7 nitrogen and oxygen atoms in total. The first kappa shape index (κ1) is 19.3. The lowest BCUT2D eigenvalue weighted by Gasteiger charge is -2.22. The lowest BCUT2D eigenvalue weighted by atomic mass is 9.91. The van der Waals surface area contributed by atoms with Crippen LogP contribution in [0.3, 0.4) is 0 Å². The Kier molecular flexibility index (Phi) is 4.58. The number of urea groups is 1. The maximum absolute atomic E-state index is 12.8. The predicted octanol–water partition coefficient (Wildman–Crippen LogP) is 3.58. The predicted molar refractivity (Wildman–Crippen MR) is 91.0 cm³/mol. The fourth-order valence-electron chi connectivity index (χ4n) is 2.95. The molecule has 2 aromatic rings. The number of non-ortho nitro benzene ring substituents is 1. The molecule has 0 aliphatic carbocycles. The molecule has 3 amide bonds. The molecular formula is C18H14F3N3O4. The van der Waals surface area contributed by atoms with Gasteiger partial charge in [0.1, 0.15) is 5.54 Å². The summed E-state index contributed by atoms with van der Waals surface area (Å²) < 4.78 is 38.0. The molecule has 0 radical (unpaired) electrons. The number of alkyl halides is 3. The van der Waals surface area contributed by atoms with Crippen LogP contribution >= 0.6 is 0 Å². The Morgan fingerprint density at radius 2 is 1.79 bits per heavy atom. The monoisotopic (exact) mass is 393 g/mol. The third kappa shape index (κ3) is 3.40. The van der Waals surface area contributed by atoms with E-state index >= 15 is 0 Å². The lowest BCUT2D eigenvalue weighted by Crippen LogP contribution is -2.40. The highest BCUT2D eigenvalue weighted by atomic mass is 19.4. The Bertz CT molecular complexity index is 959. The number of hydrogen-bond donors (Lipinski definition) is 1. The van der Waals surface area contributed by atoms with E-state index < -0.39 is 34.1 Å². The first-order chi connectivity index (χ1) is 13.0. The van der Waals surface area contributed by atoms with Crippen molar-refractivity contribution in [3.63, 3.8) is 0 Å². The van der Waals surface area contributed by atoms with E-state index in [-0.39, 0.29) is 17.8 Å². The van der Waals surface area contributed by atoms with Crippen LogP contribution in [0.15, 0.2) is 48.5 Å². The average Bonchev–Trinajstić information content (AvgIpc) is 2.86. The third-order valence-electron chi connectivity index (χ3n) is 4.53. The minimum Gasteiger partial charge on any atom is -0.319 e. The van der Waals surface area contributed by atoms with E-state index in [2.05, 4.69) is 5.32 Å². The van der Waals surface area contributed by atoms with Crippen LogP contribution in [-0.4, -0.2) is 21.8 Å². The zero-order valence-corrected chi connectivity index (χ0v) is 14.5. The van der Waals surface area contributed by atoms with E-state index in [0.29, 0.717) is 5.56 Å². The van der Waals surface area contributed by atoms with Gasteiger partial charge in [-0.1, -0.05) is 24.3 Å². The quantitative estimate of drug-likeness (QED) is 0.488. The van der Waals surface area contributed by atoms with Gasteiger partial charge in [0, 0.05) is 12.1 Å². The van der Waals surface area contributed by atoms with Crippen LogP contribution in [0, 0.1) is 10.1 Å². The van der Waals surface area contributed by atoms with Gasteiger partial charge in [-0.25, -0.2) is 4.79 Å². The average molecular weight is 393 g/mol. The number of carbonyl (C=O) groups excluding carboxylic acids is 2. The molecule has 1 heterocycles. The Morgan fingerprint density at radius 3 is 2.36 bits per heavy atom. The largest absolute Gasteiger partial charge is 0.416 e. The maximum Gasteiger partial charge on any atom is 0.416 e. The molecule has 1 aliphatic rings. The smallest absolute Gasteiger partial charge is 0.319 e. The number of nitrogens with one attached hydrogen (secondary N) is 1. The Hall–Kier alpha value is -3.43. The first-order valence-electron chi connectivity index (χ1n) is 8.07. The summed E-state index contributed by atoms with van der Waals surface area (Å²) in [7, 11) is 0. The number of benzene rings is 2. The number of rotatable bonds is 4. The van der Waals surface area contributed by atoms with Crippen LogP contribution in [0.2, 0.25) is 0 Å². The second kappa shape index (κ2) is 6.63. The van der Waals surface area contributed by atoms with Crippen molar-refractivity contribution >= 4 is 17.6 Å². The molecular weight excluding hydrogens is 379 g/mol. The van der Waals surface area contributed by atoms with E-state index in [1.807, 2.05) is 0 Å². The maximum atomic E-state index is 12.8. The minimum atomic E-state index is -4.49. The molecule has 0 saturated carbocycles. The van der Waals surface area contributed by atoms with Gasteiger partial charge in [-0.2, -0.15) is 13.2 Å². The van der Waals surface area contributed by atoms with Gasteiger partial charge < -0.3 is 5.32 Å². The van der Waals surface area contributed by atoms with Crippen LogP contribution in [0.25, 0.3) is 0 Å². The standard InChI is InChI=1S/C18H14F3N3O4/c1-17(13-3-2-4-14(9-13)24(27)28)15(25)23(16(26)22-17)10-11-5-7-12(8-6-11)18(19,20)21/h2-9H,10H2,1H3,(H,22,26)/t17-/m1/s1. The normalized spacial score (nSPS) is 19.6. The van der Waals surface area contributed by atoms with Crippen molar-refractivity contribution in [2.45, 2.75) is 25.2 Å². The van der Waals surface area contributed by atoms with Gasteiger partial charge in [0.2, 0.25) is 0 Å². The molecule has 0 unspecified atom stereocenters. The molecule has 28 heavy (non-hydrogen) atoms. The van der Waals surface area contributed by atoms with E-state index in [1.165, 1.54) is 43.3 Å². The molecule has 1 aliphatic heterocycles. The summed E-state index contributed by atoms with van der Waals surface area (Å²) in [4.78, 5) is 36.4. The molecule has 1 fully saturated rings. The molecule has 2 aromatic carbocycles. The fourth-order valence-corrected chi connectivity index (χ4v) is 2.95. The van der Waals surface area contributed by atoms with Crippen LogP contribution < -0.4 is 5.32 Å². The minimum absolute atomic E-state index is 0.229. The van der Waals surface area contributed by atoms with Crippen LogP contribution in [0.5, 0.6) is 0 Å². The van der Waals surface area contributed by atoms with E-state index in [0.717, 1.165) is 17.0 Å². The molecule has 3 rings (SSSR count). The highest BCUT2D eigenvalue weighted by Gasteiger charge is 2.49. The zero-order chi connectivity index (χ0) is 20.7. The van der Waals surface area contributed by atoms with Crippen molar-refractivity contribution in [3.8, 4) is 0 Å². The van der Waals surface area contributed by atoms with Crippen LogP contribution in [0.4, 0.5) is 23.7 Å². The van der Waals surface area contributed by atoms with Gasteiger partial charge in [-0.05, 0) is 30.2 Å². The fraction of sp³-hybridized carbons (Fsp3) is 0.222. The van der Waals surface area contributed by atoms with Crippen molar-refractivity contribution in [1.29, 1.82) is 0 Å². The Balaban J connectivity index is 1.85. The summed E-state index contributed by atoms with van der Waals surface area (Å²) in [5.74, 6) is -0.655. The number of halogens is 3. The summed E-state index contributed by atoms with van der Waals surface area (Å²) in [5.41, 5.74) is -2.03. The SMILES string of the molecule is C[C@]1(c2cccc([N+](=O)[O-])c2)NC(=O)N(Cc2ccc(C(F)(F)F)cc2)C1=O. The van der Waals surface area contributed by atoms with Crippen LogP contribution in [0.1, 0.15) is 23.6 Å². The van der Waals surface area contributed by atoms with Gasteiger partial charge in [0.25, 0.3) is 11.6 Å². The van der Waals surface area contributed by atoms with E-state index in [9.17, 15) is 32.9 Å². The molecule has 1 N–H and O–H groups in total. The Morgan fingerprint density at radius 1 is 1.14 bits per heavy atom. The van der Waals surface area contributed by atoms with Crippen molar-refractivity contribution in [1.82, 2.24) is 10.2 Å². The number of nitrogens with zero attached hydrogens (tertiary/aromatic N) is 2. The van der Waals surface area contributed by atoms with E-state index in [1.54, 1.807) is 0 Å². The van der Waals surface area contributed by atoms with E-state index in [4.69, 9.17) is 0 Å². The van der Waals surface area contributed by atoms with Gasteiger partial charge in [-0.3, -0.25) is 19.8 Å². The van der Waals surface area contributed by atoms with Gasteiger partial charge in [0.05, 0.1) is 17.0 Å². The second-order valence-corrected chi connectivity index (χ2v) is 6.45. The molecule has 1 saturated heterocycles. The first-order valence-corrected chi connectivity index (χ1v) is 8.07. The van der Waals surface area contributed by atoms with Gasteiger partial charge >= 0.3 is 12.2 Å². The molecule has 10 heteroatoms. The lowest BCUT2D eigenvalue weighted by molar-refractivity contribution is -0.385. The number of nitro groups is 1. The summed E-state index contributed by atoms with van der Waals surface area (Å²) >= 11 is 0. The van der Waals surface area contributed by atoms with Gasteiger partial charge in [-0.15, -0.1) is 0 Å². The number of hydrogen-bond acceptors (Lipinski definition) is 4. The molecule has 0 aromatic heterocycles. The number of nitro benzene ring substituents is 1. The van der Waals surface area contributed by atoms with Crippen molar-refractivity contribution in [3.05, 3.63) is 75.3 Å². The highest BCUT2D eigenvalue weighted by molar-refractivity contribution is 6.07. The Labute approximate surface area is 156 Å². The third-order valence-corrected chi connectivity index (χ3v) is 4.53. The molecule has 1 atom stereocenters. The van der Waals surface area contributed by atoms with Crippen molar-refractivity contribution in [2.24, 2.45) is 0 Å². The number of imide groups is 1. The molecule has 0 spiro atoms. The van der Waals surface area contributed by atoms with Gasteiger partial charge in [0.15, 0.2) is 0 Å². The highest BCUT2D eigenvalue weighted by Crippen LogP contribution is 2.32. The summed E-state index contributed by atoms with van der Waals surface area (Å²) in [6, 6.07) is 8.70. The summed E-state index contributed by atoms with van der Waals surface area (Å²) in [6.07, 6.45) is -4.49. The second-order valence-electron chi connectivity index (χ2n) is 6.45.